The molecule has 0 aliphatic rings. The predicted octanol–water partition coefficient (Wildman–Crippen LogP) is 6.37. The molecule has 1 aromatic heterocycles. The summed E-state index contributed by atoms with van der Waals surface area (Å²) in [5.41, 5.74) is 6.44. The van der Waals surface area contributed by atoms with Crippen molar-refractivity contribution in [1.82, 2.24) is 4.57 Å². The number of nitrogens with zero attached hydrogens (tertiary/aromatic N) is 1. The Morgan fingerprint density at radius 2 is 1.54 bits per heavy atom. The van der Waals surface area contributed by atoms with Crippen molar-refractivity contribution in [2.24, 2.45) is 0 Å². The Hall–Kier alpha value is -2.80. The van der Waals surface area contributed by atoms with E-state index in [9.17, 15) is 0 Å². The minimum Gasteiger partial charge on any atom is -0.341 e. The van der Waals surface area contributed by atoms with Crippen molar-refractivity contribution in [3.63, 3.8) is 0 Å². The van der Waals surface area contributed by atoms with E-state index in [4.69, 9.17) is 0 Å². The molecule has 0 spiro atoms. The molecule has 118 valence electrons. The highest BCUT2D eigenvalue weighted by molar-refractivity contribution is 6.08. The molecule has 0 saturated heterocycles. The number of benzene rings is 3. The van der Waals surface area contributed by atoms with E-state index in [2.05, 4.69) is 97.3 Å². The highest BCUT2D eigenvalue weighted by Crippen LogP contribution is 2.30. The van der Waals surface area contributed by atoms with Gasteiger partial charge in [0.05, 0.1) is 0 Å². The van der Waals surface area contributed by atoms with Crippen molar-refractivity contribution in [1.29, 1.82) is 0 Å². The third-order valence-corrected chi connectivity index (χ3v) is 4.72. The second-order valence-electron chi connectivity index (χ2n) is 6.23. The average molecular weight is 311 g/mol. The molecule has 0 bridgehead atoms. The van der Waals surface area contributed by atoms with Crippen molar-refractivity contribution < 1.29 is 0 Å². The van der Waals surface area contributed by atoms with Gasteiger partial charge in [-0.1, -0.05) is 60.7 Å². The molecule has 0 unspecified atom stereocenters. The Labute approximate surface area is 142 Å². The molecule has 0 amide bonds. The molecule has 1 heteroatoms. The Morgan fingerprint density at radius 1 is 0.833 bits per heavy atom. The van der Waals surface area contributed by atoms with Gasteiger partial charge in [-0.25, -0.2) is 0 Å². The van der Waals surface area contributed by atoms with Gasteiger partial charge >= 0.3 is 0 Å². The third-order valence-electron chi connectivity index (χ3n) is 4.72. The molecule has 1 nitrogen and oxygen atoms in total. The van der Waals surface area contributed by atoms with Gasteiger partial charge in [-0.2, -0.15) is 0 Å². The molecule has 0 aliphatic heterocycles. The van der Waals surface area contributed by atoms with Gasteiger partial charge in [-0.05, 0) is 48.7 Å². The number of fused-ring (bicyclic) bond motifs is 3. The summed E-state index contributed by atoms with van der Waals surface area (Å²) < 4.78 is 2.39. The van der Waals surface area contributed by atoms with Crippen LogP contribution in [-0.4, -0.2) is 4.57 Å². The monoisotopic (exact) mass is 311 g/mol. The quantitative estimate of drug-likeness (QED) is 0.387. The van der Waals surface area contributed by atoms with E-state index in [1.165, 1.54) is 38.5 Å². The molecular weight excluding hydrogens is 290 g/mol. The van der Waals surface area contributed by atoms with Crippen molar-refractivity contribution in [3.05, 3.63) is 83.9 Å². The first-order chi connectivity index (χ1) is 11.8. The summed E-state index contributed by atoms with van der Waals surface area (Å²) in [5, 5.41) is 2.67. The van der Waals surface area contributed by atoms with Crippen LogP contribution in [0.15, 0.2) is 72.8 Å². The first kappa shape index (κ1) is 14.8. The van der Waals surface area contributed by atoms with Crippen molar-refractivity contribution in [2.75, 3.05) is 0 Å². The van der Waals surface area contributed by atoms with Gasteiger partial charge < -0.3 is 4.57 Å². The van der Waals surface area contributed by atoms with Crippen LogP contribution in [0.25, 0.3) is 33.5 Å². The van der Waals surface area contributed by atoms with Gasteiger partial charge in [0.25, 0.3) is 0 Å². The Morgan fingerprint density at radius 3 is 2.33 bits per heavy atom. The van der Waals surface area contributed by atoms with Gasteiger partial charge in [0.15, 0.2) is 0 Å². The number of aryl methyl sites for hydroxylation is 1. The van der Waals surface area contributed by atoms with E-state index >= 15 is 0 Å². The summed E-state index contributed by atoms with van der Waals surface area (Å²) in [5.74, 6) is 0. The molecule has 1 heterocycles. The zero-order valence-electron chi connectivity index (χ0n) is 14.2. The molecule has 0 aliphatic carbocycles. The van der Waals surface area contributed by atoms with Gasteiger partial charge in [0.1, 0.15) is 0 Å². The Kier molecular flexibility index (Phi) is 3.70. The first-order valence-electron chi connectivity index (χ1n) is 8.52. The standard InChI is InChI=1S/C23H21N/c1-3-24-22-12-8-7-11-20(22)21-16-18(13-14-23(21)24)15-17(2)19-9-5-4-6-10-19/h4-16H,3H2,1-2H3. The minimum atomic E-state index is 0.988. The van der Waals surface area contributed by atoms with Crippen molar-refractivity contribution >= 4 is 33.5 Å². The van der Waals surface area contributed by atoms with Crippen molar-refractivity contribution in [2.45, 2.75) is 20.4 Å². The summed E-state index contributed by atoms with van der Waals surface area (Å²) in [6, 6.07) is 26.0. The molecule has 0 atom stereocenters. The minimum absolute atomic E-state index is 0.988. The second kappa shape index (κ2) is 6.01. The van der Waals surface area contributed by atoms with Crippen LogP contribution in [0.5, 0.6) is 0 Å². The third kappa shape index (κ3) is 2.43. The highest BCUT2D eigenvalue weighted by Gasteiger charge is 2.09. The smallest absolute Gasteiger partial charge is 0.0491 e. The lowest BCUT2D eigenvalue weighted by Gasteiger charge is -2.04. The van der Waals surface area contributed by atoms with E-state index < -0.39 is 0 Å². The van der Waals surface area contributed by atoms with Gasteiger partial charge in [0, 0.05) is 28.4 Å². The highest BCUT2D eigenvalue weighted by atomic mass is 15.0. The molecule has 0 fully saturated rings. The average Bonchev–Trinajstić information content (AvgIpc) is 2.95. The van der Waals surface area contributed by atoms with Crippen molar-refractivity contribution in [3.8, 4) is 0 Å². The van der Waals surface area contributed by atoms with Gasteiger partial charge in [0.2, 0.25) is 0 Å². The summed E-state index contributed by atoms with van der Waals surface area (Å²) in [7, 11) is 0. The second-order valence-corrected chi connectivity index (χ2v) is 6.23. The number of rotatable bonds is 3. The van der Waals surface area contributed by atoms with E-state index in [0.29, 0.717) is 0 Å². The molecule has 4 rings (SSSR count). The van der Waals surface area contributed by atoms with Crippen LogP contribution in [0, 0.1) is 0 Å². The zero-order chi connectivity index (χ0) is 16.5. The summed E-state index contributed by atoms with van der Waals surface area (Å²) in [6.07, 6.45) is 2.27. The van der Waals surface area contributed by atoms with Gasteiger partial charge in [-0.15, -0.1) is 0 Å². The van der Waals surface area contributed by atoms with Crippen LogP contribution in [0.2, 0.25) is 0 Å². The maximum Gasteiger partial charge on any atom is 0.0491 e. The van der Waals surface area contributed by atoms with Crippen LogP contribution < -0.4 is 0 Å². The molecule has 0 N–H and O–H groups in total. The van der Waals surface area contributed by atoms with Gasteiger partial charge in [-0.3, -0.25) is 0 Å². The molecular formula is C23H21N. The van der Waals surface area contributed by atoms with E-state index in [1.807, 2.05) is 0 Å². The van der Waals surface area contributed by atoms with Crippen LogP contribution in [0.4, 0.5) is 0 Å². The zero-order valence-corrected chi connectivity index (χ0v) is 14.2. The number of allylic oxidation sites excluding steroid dienone is 1. The fraction of sp³-hybridized carbons (Fsp3) is 0.130. The molecule has 0 radical (unpaired) electrons. The number of hydrogen-bond acceptors (Lipinski definition) is 0. The summed E-state index contributed by atoms with van der Waals surface area (Å²) in [6.45, 7) is 5.37. The lowest BCUT2D eigenvalue weighted by molar-refractivity contribution is 0.827. The maximum atomic E-state index is 2.39. The van der Waals surface area contributed by atoms with E-state index in [0.717, 1.165) is 6.54 Å². The lowest BCUT2D eigenvalue weighted by atomic mass is 10.0. The fourth-order valence-corrected chi connectivity index (χ4v) is 3.54. The first-order valence-corrected chi connectivity index (χ1v) is 8.52. The van der Waals surface area contributed by atoms with Crippen LogP contribution in [0.1, 0.15) is 25.0 Å². The fourth-order valence-electron chi connectivity index (χ4n) is 3.54. The van der Waals surface area contributed by atoms with E-state index in [-0.39, 0.29) is 0 Å². The topological polar surface area (TPSA) is 4.93 Å². The molecule has 0 saturated carbocycles. The van der Waals surface area contributed by atoms with Crippen LogP contribution >= 0.6 is 0 Å². The predicted molar refractivity (Wildman–Crippen MR) is 105 cm³/mol. The Bertz CT molecular complexity index is 1040. The molecule has 24 heavy (non-hydrogen) atoms. The molecule has 3 aromatic carbocycles. The SMILES string of the molecule is CCn1c2ccccc2c2cc(C=C(C)c3ccccc3)ccc21. The van der Waals surface area contributed by atoms with E-state index in [1.54, 1.807) is 0 Å². The largest absolute Gasteiger partial charge is 0.341 e. The summed E-state index contributed by atoms with van der Waals surface area (Å²) in [4.78, 5) is 0. The Balaban J connectivity index is 1.89. The number of para-hydroxylation sites is 1. The van der Waals surface area contributed by atoms with Crippen LogP contribution in [0.3, 0.4) is 0 Å². The summed E-state index contributed by atoms with van der Waals surface area (Å²) >= 11 is 0. The number of hydrogen-bond donors (Lipinski definition) is 0. The lowest BCUT2D eigenvalue weighted by Crippen LogP contribution is -1.92. The van der Waals surface area contributed by atoms with Crippen LogP contribution in [-0.2, 0) is 6.54 Å². The normalized spacial score (nSPS) is 12.2. The maximum absolute atomic E-state index is 2.39. The molecule has 4 aromatic rings. The number of aromatic nitrogens is 1.